The van der Waals surface area contributed by atoms with Crippen LogP contribution >= 0.6 is 0 Å². The summed E-state index contributed by atoms with van der Waals surface area (Å²) in [5.74, 6) is 0.369. The van der Waals surface area contributed by atoms with Crippen LogP contribution in [0.15, 0.2) is 73.8 Å². The summed E-state index contributed by atoms with van der Waals surface area (Å²) in [6.07, 6.45) is 4.31. The molecule has 0 aromatic heterocycles. The van der Waals surface area contributed by atoms with E-state index >= 15 is 0 Å². The Morgan fingerprint density at radius 1 is 0.903 bits per heavy atom. The molecule has 3 aromatic rings. The van der Waals surface area contributed by atoms with Crippen molar-refractivity contribution >= 4 is 5.97 Å². The standard InChI is InChI=1S/C26H20O5/c1-3-7-16-17(8-4-2)24-23(14-21(16)28)30-22-13-15(27)11-12-20(22)26(24)19-10-6-5-9-18(19)25(29)31-26/h3-6,9-14,27-28H,1-2,7-8H2. The van der Waals surface area contributed by atoms with Gasteiger partial charge in [-0.1, -0.05) is 30.4 Å². The Balaban J connectivity index is 1.95. The first kappa shape index (κ1) is 19.0. The molecule has 0 amide bonds. The number of hydrogen-bond donors (Lipinski definition) is 2. The lowest BCUT2D eigenvalue weighted by Crippen LogP contribution is -2.34. The number of phenolic OH excluding ortho intramolecular Hbond substituents is 2. The first-order valence-corrected chi connectivity index (χ1v) is 9.95. The highest BCUT2D eigenvalue weighted by Gasteiger charge is 2.54. The van der Waals surface area contributed by atoms with Crippen molar-refractivity contribution in [3.63, 3.8) is 0 Å². The van der Waals surface area contributed by atoms with Crippen LogP contribution in [0.4, 0.5) is 0 Å². The third kappa shape index (κ3) is 2.53. The zero-order chi connectivity index (χ0) is 21.8. The summed E-state index contributed by atoms with van der Waals surface area (Å²) in [6.45, 7) is 7.69. The van der Waals surface area contributed by atoms with E-state index in [4.69, 9.17) is 9.47 Å². The first-order chi connectivity index (χ1) is 15.0. The Hall–Kier alpha value is -3.99. The Morgan fingerprint density at radius 3 is 2.42 bits per heavy atom. The van der Waals surface area contributed by atoms with E-state index in [0.29, 0.717) is 52.2 Å². The third-order valence-electron chi connectivity index (χ3n) is 5.87. The van der Waals surface area contributed by atoms with E-state index in [1.54, 1.807) is 36.4 Å². The summed E-state index contributed by atoms with van der Waals surface area (Å²) >= 11 is 0. The van der Waals surface area contributed by atoms with Crippen LogP contribution in [-0.4, -0.2) is 16.2 Å². The van der Waals surface area contributed by atoms with E-state index in [1.165, 1.54) is 12.1 Å². The summed E-state index contributed by atoms with van der Waals surface area (Å²) < 4.78 is 12.3. The predicted molar refractivity (Wildman–Crippen MR) is 116 cm³/mol. The second kappa shape index (κ2) is 6.77. The van der Waals surface area contributed by atoms with Crippen LogP contribution in [0.25, 0.3) is 0 Å². The first-order valence-electron chi connectivity index (χ1n) is 9.95. The minimum absolute atomic E-state index is 0.0220. The fraction of sp³-hybridized carbons (Fsp3) is 0.115. The highest BCUT2D eigenvalue weighted by molar-refractivity contribution is 5.97. The number of fused-ring (bicyclic) bond motifs is 6. The van der Waals surface area contributed by atoms with Crippen LogP contribution in [0.2, 0.25) is 0 Å². The average molecular weight is 412 g/mol. The van der Waals surface area contributed by atoms with Crippen LogP contribution in [0, 0.1) is 0 Å². The summed E-state index contributed by atoms with van der Waals surface area (Å²) in [7, 11) is 0. The summed E-state index contributed by atoms with van der Waals surface area (Å²) in [5.41, 5.74) is 2.60. The van der Waals surface area contributed by atoms with Crippen molar-refractivity contribution in [2.75, 3.05) is 0 Å². The van der Waals surface area contributed by atoms with Gasteiger partial charge in [0, 0.05) is 28.8 Å². The number of hydrogen-bond acceptors (Lipinski definition) is 5. The molecular weight excluding hydrogens is 392 g/mol. The fourth-order valence-electron chi connectivity index (χ4n) is 4.69. The molecule has 31 heavy (non-hydrogen) atoms. The van der Waals surface area contributed by atoms with Crippen LogP contribution in [0.1, 0.15) is 38.2 Å². The molecule has 1 spiro atoms. The number of allylic oxidation sites excluding steroid dienone is 2. The van der Waals surface area contributed by atoms with Gasteiger partial charge in [-0.25, -0.2) is 4.79 Å². The molecule has 3 aromatic carbocycles. The number of phenols is 2. The van der Waals surface area contributed by atoms with E-state index < -0.39 is 11.6 Å². The van der Waals surface area contributed by atoms with Crippen molar-refractivity contribution in [3.05, 3.63) is 107 Å². The van der Waals surface area contributed by atoms with Gasteiger partial charge in [0.15, 0.2) is 5.60 Å². The highest BCUT2D eigenvalue weighted by Crippen LogP contribution is 2.58. The largest absolute Gasteiger partial charge is 0.508 e. The molecule has 5 heteroatoms. The minimum atomic E-state index is -1.27. The van der Waals surface area contributed by atoms with E-state index in [0.717, 1.165) is 5.56 Å². The molecule has 0 saturated heterocycles. The lowest BCUT2D eigenvalue weighted by Gasteiger charge is -2.38. The van der Waals surface area contributed by atoms with Crippen molar-refractivity contribution in [1.29, 1.82) is 0 Å². The van der Waals surface area contributed by atoms with E-state index in [-0.39, 0.29) is 11.5 Å². The fourth-order valence-corrected chi connectivity index (χ4v) is 4.69. The van der Waals surface area contributed by atoms with Gasteiger partial charge in [0.05, 0.1) is 11.1 Å². The third-order valence-corrected chi connectivity index (χ3v) is 5.87. The van der Waals surface area contributed by atoms with Gasteiger partial charge in [0.1, 0.15) is 23.0 Å². The molecule has 5 rings (SSSR count). The van der Waals surface area contributed by atoms with Crippen molar-refractivity contribution in [2.45, 2.75) is 18.4 Å². The molecular formula is C26H20O5. The maximum atomic E-state index is 13.0. The quantitative estimate of drug-likeness (QED) is 0.459. The van der Waals surface area contributed by atoms with Gasteiger partial charge in [0.25, 0.3) is 0 Å². The van der Waals surface area contributed by atoms with Crippen LogP contribution in [0.5, 0.6) is 23.0 Å². The van der Waals surface area contributed by atoms with Crippen molar-refractivity contribution < 1.29 is 24.5 Å². The van der Waals surface area contributed by atoms with Gasteiger partial charge < -0.3 is 19.7 Å². The van der Waals surface area contributed by atoms with Gasteiger partial charge in [-0.15, -0.1) is 13.2 Å². The topological polar surface area (TPSA) is 76.0 Å². The monoisotopic (exact) mass is 412 g/mol. The minimum Gasteiger partial charge on any atom is -0.508 e. The number of ether oxygens (including phenoxy) is 2. The molecule has 0 radical (unpaired) electrons. The number of rotatable bonds is 4. The van der Waals surface area contributed by atoms with E-state index in [9.17, 15) is 15.0 Å². The number of benzene rings is 3. The van der Waals surface area contributed by atoms with E-state index in [1.807, 2.05) is 12.1 Å². The average Bonchev–Trinajstić information content (AvgIpc) is 3.03. The van der Waals surface area contributed by atoms with Gasteiger partial charge >= 0.3 is 5.97 Å². The van der Waals surface area contributed by atoms with Gasteiger partial charge in [-0.2, -0.15) is 0 Å². The van der Waals surface area contributed by atoms with Gasteiger partial charge in [-0.05, 0) is 36.6 Å². The Labute approximate surface area is 179 Å². The number of aromatic hydroxyl groups is 2. The molecule has 0 saturated carbocycles. The Kier molecular flexibility index (Phi) is 4.15. The smallest absolute Gasteiger partial charge is 0.340 e. The summed E-state index contributed by atoms with van der Waals surface area (Å²) in [6, 6.07) is 13.5. The number of esters is 1. The molecule has 5 nitrogen and oxygen atoms in total. The van der Waals surface area contributed by atoms with E-state index in [2.05, 4.69) is 13.2 Å². The molecule has 2 aliphatic rings. The summed E-state index contributed by atoms with van der Waals surface area (Å²) in [5, 5.41) is 20.8. The second-order valence-electron chi connectivity index (χ2n) is 7.61. The Bertz CT molecular complexity index is 1270. The molecule has 1 unspecified atom stereocenters. The highest BCUT2D eigenvalue weighted by atomic mass is 16.6. The lowest BCUT2D eigenvalue weighted by molar-refractivity contribution is 0.0221. The summed E-state index contributed by atoms with van der Waals surface area (Å²) in [4.78, 5) is 13.0. The molecule has 0 aliphatic carbocycles. The van der Waals surface area contributed by atoms with Crippen molar-refractivity contribution in [2.24, 2.45) is 0 Å². The van der Waals surface area contributed by atoms with Crippen LogP contribution in [-0.2, 0) is 23.2 Å². The number of carbonyl (C=O) groups is 1. The van der Waals surface area contributed by atoms with Gasteiger partial charge in [-0.3, -0.25) is 0 Å². The zero-order valence-electron chi connectivity index (χ0n) is 16.7. The molecule has 2 heterocycles. The number of carbonyl (C=O) groups excluding carboxylic acids is 1. The maximum absolute atomic E-state index is 13.0. The normalized spacial score (nSPS) is 17.9. The molecule has 1 atom stereocenters. The molecule has 0 bridgehead atoms. The molecule has 2 N–H and O–H groups in total. The predicted octanol–water partition coefficient (Wildman–Crippen LogP) is 5.12. The van der Waals surface area contributed by atoms with Crippen LogP contribution < -0.4 is 4.74 Å². The zero-order valence-corrected chi connectivity index (χ0v) is 16.7. The SMILES string of the molecule is C=CCc1c(O)cc2c(c1CC=C)C1(OC(=O)c3ccccc31)c1ccc(O)cc1O2. The Morgan fingerprint density at radius 2 is 1.65 bits per heavy atom. The maximum Gasteiger partial charge on any atom is 0.340 e. The molecule has 0 fully saturated rings. The lowest BCUT2D eigenvalue weighted by atomic mass is 9.74. The van der Waals surface area contributed by atoms with Crippen molar-refractivity contribution in [3.8, 4) is 23.0 Å². The van der Waals surface area contributed by atoms with Gasteiger partial charge in [0.2, 0.25) is 0 Å². The molecule has 154 valence electrons. The molecule has 2 aliphatic heterocycles. The van der Waals surface area contributed by atoms with Crippen LogP contribution in [0.3, 0.4) is 0 Å². The van der Waals surface area contributed by atoms with Crippen molar-refractivity contribution in [1.82, 2.24) is 0 Å². The second-order valence-corrected chi connectivity index (χ2v) is 7.61.